The third-order valence-corrected chi connectivity index (χ3v) is 3.24. The molecular weight excluding hydrogens is 232 g/mol. The van der Waals surface area contributed by atoms with Crippen LogP contribution in [0.5, 0.6) is 0 Å². The van der Waals surface area contributed by atoms with E-state index >= 15 is 0 Å². The van der Waals surface area contributed by atoms with Crippen molar-refractivity contribution in [3.05, 3.63) is 29.3 Å². The molecule has 1 aromatic rings. The second-order valence-electron chi connectivity index (χ2n) is 4.02. The van der Waals surface area contributed by atoms with Gasteiger partial charge < -0.3 is 10.2 Å². The molecule has 0 aromatic heterocycles. The van der Waals surface area contributed by atoms with Gasteiger partial charge in [0.05, 0.1) is 5.56 Å². The van der Waals surface area contributed by atoms with Crippen molar-refractivity contribution in [2.75, 3.05) is 38.0 Å². The first kappa shape index (κ1) is 13.9. The molecule has 0 saturated carbocycles. The number of amides is 1. The van der Waals surface area contributed by atoms with Crippen LogP contribution in [0.25, 0.3) is 0 Å². The Hall–Kier alpha value is -1.16. The van der Waals surface area contributed by atoms with Gasteiger partial charge in [-0.3, -0.25) is 4.79 Å². The van der Waals surface area contributed by atoms with Crippen LogP contribution in [0.2, 0.25) is 0 Å². The maximum Gasteiger partial charge on any atom is 0.255 e. The first-order valence-corrected chi connectivity index (χ1v) is 7.02. The van der Waals surface area contributed by atoms with E-state index in [1.807, 2.05) is 45.5 Å². The Morgan fingerprint density at radius 2 is 2.18 bits per heavy atom. The molecule has 0 saturated heterocycles. The minimum absolute atomic E-state index is 0.0726. The minimum atomic E-state index is 0.0726. The lowest BCUT2D eigenvalue weighted by molar-refractivity contribution is 0.0804. The number of carbonyl (C=O) groups is 1. The standard InChI is InChI=1S/C13H20N2OS/c1-10-5-6-11(12(9-10)14-2)13(16)15(3)7-8-17-4/h5-6,9,14H,7-8H2,1-4H3. The van der Waals surface area contributed by atoms with Crippen molar-refractivity contribution in [3.63, 3.8) is 0 Å². The van der Waals surface area contributed by atoms with Gasteiger partial charge in [-0.25, -0.2) is 0 Å². The lowest BCUT2D eigenvalue weighted by Crippen LogP contribution is -2.29. The van der Waals surface area contributed by atoms with E-state index in [4.69, 9.17) is 0 Å². The Morgan fingerprint density at radius 3 is 2.76 bits per heavy atom. The van der Waals surface area contributed by atoms with Crippen molar-refractivity contribution in [1.29, 1.82) is 0 Å². The van der Waals surface area contributed by atoms with Crippen LogP contribution in [0.3, 0.4) is 0 Å². The molecule has 1 aromatic carbocycles. The van der Waals surface area contributed by atoms with Gasteiger partial charge in [-0.15, -0.1) is 0 Å². The van der Waals surface area contributed by atoms with E-state index in [0.29, 0.717) is 0 Å². The molecular formula is C13H20N2OS. The van der Waals surface area contributed by atoms with Gasteiger partial charge in [0.15, 0.2) is 0 Å². The summed E-state index contributed by atoms with van der Waals surface area (Å²) in [6.07, 6.45) is 2.04. The number of nitrogens with one attached hydrogen (secondary N) is 1. The highest BCUT2D eigenvalue weighted by atomic mass is 32.2. The highest BCUT2D eigenvalue weighted by molar-refractivity contribution is 7.98. The number of aryl methyl sites for hydroxylation is 1. The van der Waals surface area contributed by atoms with E-state index in [1.165, 1.54) is 0 Å². The Labute approximate surface area is 108 Å². The quantitative estimate of drug-likeness (QED) is 0.873. The van der Waals surface area contributed by atoms with Gasteiger partial charge in [-0.1, -0.05) is 6.07 Å². The molecule has 0 fully saturated rings. The van der Waals surface area contributed by atoms with Gasteiger partial charge in [0, 0.05) is 32.1 Å². The molecule has 0 unspecified atom stereocenters. The van der Waals surface area contributed by atoms with Crippen molar-refractivity contribution in [3.8, 4) is 0 Å². The average Bonchev–Trinajstić information content (AvgIpc) is 2.34. The number of anilines is 1. The molecule has 1 N–H and O–H groups in total. The summed E-state index contributed by atoms with van der Waals surface area (Å²) in [5.41, 5.74) is 2.78. The van der Waals surface area contributed by atoms with Gasteiger partial charge in [0.1, 0.15) is 0 Å². The van der Waals surface area contributed by atoms with E-state index < -0.39 is 0 Å². The van der Waals surface area contributed by atoms with Crippen molar-refractivity contribution in [2.24, 2.45) is 0 Å². The second-order valence-corrected chi connectivity index (χ2v) is 5.00. The highest BCUT2D eigenvalue weighted by Gasteiger charge is 2.14. The maximum atomic E-state index is 12.2. The molecule has 0 heterocycles. The van der Waals surface area contributed by atoms with Crippen LogP contribution in [-0.2, 0) is 0 Å². The van der Waals surface area contributed by atoms with Crippen LogP contribution >= 0.6 is 11.8 Å². The number of carbonyl (C=O) groups excluding carboxylic acids is 1. The monoisotopic (exact) mass is 252 g/mol. The van der Waals surface area contributed by atoms with E-state index in [0.717, 1.165) is 29.1 Å². The van der Waals surface area contributed by atoms with Crippen LogP contribution in [0.4, 0.5) is 5.69 Å². The molecule has 0 spiro atoms. The second kappa shape index (κ2) is 6.55. The summed E-state index contributed by atoms with van der Waals surface area (Å²) in [6.45, 7) is 2.80. The Bertz CT molecular complexity index is 393. The number of hydrogen-bond acceptors (Lipinski definition) is 3. The molecule has 17 heavy (non-hydrogen) atoms. The van der Waals surface area contributed by atoms with Gasteiger partial charge in [-0.05, 0) is 30.9 Å². The molecule has 0 aliphatic heterocycles. The number of nitrogens with zero attached hydrogens (tertiary/aromatic N) is 1. The zero-order valence-corrected chi connectivity index (χ0v) is 11.7. The van der Waals surface area contributed by atoms with Gasteiger partial charge in [-0.2, -0.15) is 11.8 Å². The van der Waals surface area contributed by atoms with E-state index in [1.54, 1.807) is 16.7 Å². The number of rotatable bonds is 5. The largest absolute Gasteiger partial charge is 0.387 e. The predicted molar refractivity (Wildman–Crippen MR) is 76.1 cm³/mol. The molecule has 0 bridgehead atoms. The summed E-state index contributed by atoms with van der Waals surface area (Å²) in [5.74, 6) is 1.03. The van der Waals surface area contributed by atoms with Crippen molar-refractivity contribution in [2.45, 2.75) is 6.92 Å². The molecule has 94 valence electrons. The maximum absolute atomic E-state index is 12.2. The van der Waals surface area contributed by atoms with Crippen LogP contribution in [0, 0.1) is 6.92 Å². The Kier molecular flexibility index (Phi) is 5.35. The minimum Gasteiger partial charge on any atom is -0.387 e. The van der Waals surface area contributed by atoms with Crippen LogP contribution in [-0.4, -0.2) is 43.5 Å². The number of thioether (sulfide) groups is 1. The molecule has 1 amide bonds. The van der Waals surface area contributed by atoms with Crippen molar-refractivity contribution >= 4 is 23.4 Å². The topological polar surface area (TPSA) is 32.3 Å². The predicted octanol–water partition coefficient (Wildman–Crippen LogP) is 2.47. The lowest BCUT2D eigenvalue weighted by atomic mass is 10.1. The van der Waals surface area contributed by atoms with Crippen molar-refractivity contribution in [1.82, 2.24) is 4.90 Å². The average molecular weight is 252 g/mol. The van der Waals surface area contributed by atoms with E-state index in [2.05, 4.69) is 5.32 Å². The molecule has 0 atom stereocenters. The van der Waals surface area contributed by atoms with E-state index in [-0.39, 0.29) is 5.91 Å². The first-order valence-electron chi connectivity index (χ1n) is 5.63. The molecule has 0 radical (unpaired) electrons. The fraction of sp³-hybridized carbons (Fsp3) is 0.462. The van der Waals surface area contributed by atoms with Crippen LogP contribution in [0.1, 0.15) is 15.9 Å². The SMILES string of the molecule is CNc1cc(C)ccc1C(=O)N(C)CCSC. The summed E-state index contributed by atoms with van der Waals surface area (Å²) in [7, 11) is 3.69. The van der Waals surface area contributed by atoms with E-state index in [9.17, 15) is 4.79 Å². The third-order valence-electron chi connectivity index (χ3n) is 2.65. The fourth-order valence-electron chi connectivity index (χ4n) is 1.59. The van der Waals surface area contributed by atoms with Gasteiger partial charge in [0.25, 0.3) is 5.91 Å². The normalized spacial score (nSPS) is 10.1. The van der Waals surface area contributed by atoms with Crippen molar-refractivity contribution < 1.29 is 4.79 Å². The summed E-state index contributed by atoms with van der Waals surface area (Å²) in [5, 5.41) is 3.08. The fourth-order valence-corrected chi connectivity index (χ4v) is 2.04. The molecule has 4 heteroatoms. The zero-order valence-electron chi connectivity index (χ0n) is 10.9. The summed E-state index contributed by atoms with van der Waals surface area (Å²) >= 11 is 1.75. The summed E-state index contributed by atoms with van der Waals surface area (Å²) in [6, 6.07) is 5.85. The summed E-state index contributed by atoms with van der Waals surface area (Å²) < 4.78 is 0. The zero-order chi connectivity index (χ0) is 12.8. The smallest absolute Gasteiger partial charge is 0.255 e. The third kappa shape index (κ3) is 3.66. The van der Waals surface area contributed by atoms with Gasteiger partial charge in [0.2, 0.25) is 0 Å². The first-order chi connectivity index (χ1) is 8.10. The highest BCUT2D eigenvalue weighted by Crippen LogP contribution is 2.18. The van der Waals surface area contributed by atoms with Gasteiger partial charge >= 0.3 is 0 Å². The van der Waals surface area contributed by atoms with Crippen LogP contribution in [0.15, 0.2) is 18.2 Å². The molecule has 1 rings (SSSR count). The Balaban J connectivity index is 2.87. The Morgan fingerprint density at radius 1 is 1.47 bits per heavy atom. The number of benzene rings is 1. The van der Waals surface area contributed by atoms with Crippen LogP contribution < -0.4 is 5.32 Å². The lowest BCUT2D eigenvalue weighted by Gasteiger charge is -2.18. The molecule has 3 nitrogen and oxygen atoms in total. The summed E-state index contributed by atoms with van der Waals surface area (Å²) in [4.78, 5) is 14.0. The molecule has 0 aliphatic rings. The molecule has 0 aliphatic carbocycles. The number of hydrogen-bond donors (Lipinski definition) is 1.